The Morgan fingerprint density at radius 2 is 1.88 bits per heavy atom. The fourth-order valence-electron chi connectivity index (χ4n) is 2.55. The molecule has 1 saturated carbocycles. The quantitative estimate of drug-likeness (QED) is 0.791. The zero-order valence-electron chi connectivity index (χ0n) is 12.0. The molecule has 3 nitrogen and oxygen atoms in total. The minimum absolute atomic E-state index is 0.113. The molecule has 0 spiro atoms. The normalized spacial score (nSPS) is 30.1. The maximum atomic E-state index is 11.7. The topological polar surface area (TPSA) is 41.1 Å². The van der Waals surface area contributed by atoms with Gasteiger partial charge in [-0.3, -0.25) is 4.79 Å². The summed E-state index contributed by atoms with van der Waals surface area (Å²) in [6, 6.07) is 0.588. The van der Waals surface area contributed by atoms with E-state index in [1.807, 2.05) is 13.8 Å². The van der Waals surface area contributed by atoms with Crippen LogP contribution >= 0.6 is 0 Å². The van der Waals surface area contributed by atoms with Gasteiger partial charge in [0.15, 0.2) is 0 Å². The number of carbonyl (C=O) groups excluding carboxylic acids is 1. The van der Waals surface area contributed by atoms with Gasteiger partial charge in [-0.25, -0.2) is 0 Å². The average molecular weight is 240 g/mol. The minimum Gasteiger partial charge on any atom is -0.359 e. The van der Waals surface area contributed by atoms with E-state index in [4.69, 9.17) is 0 Å². The Labute approximate surface area is 106 Å². The lowest BCUT2D eigenvalue weighted by molar-refractivity contribution is -0.128. The second kappa shape index (κ2) is 5.85. The zero-order chi connectivity index (χ0) is 13.1. The van der Waals surface area contributed by atoms with Gasteiger partial charge in [-0.05, 0) is 44.9 Å². The van der Waals surface area contributed by atoms with E-state index in [-0.39, 0.29) is 11.3 Å². The lowest BCUT2D eigenvalue weighted by Crippen LogP contribution is -2.46. The summed E-state index contributed by atoms with van der Waals surface area (Å²) < 4.78 is 0. The molecule has 0 bridgehead atoms. The maximum absolute atomic E-state index is 11.7. The van der Waals surface area contributed by atoms with E-state index in [0.717, 1.165) is 18.4 Å². The Morgan fingerprint density at radius 1 is 1.24 bits per heavy atom. The van der Waals surface area contributed by atoms with Crippen LogP contribution in [0.15, 0.2) is 0 Å². The van der Waals surface area contributed by atoms with E-state index in [9.17, 15) is 4.79 Å². The molecular formula is C14H28N2O. The van der Waals surface area contributed by atoms with Gasteiger partial charge in [0.05, 0.1) is 5.41 Å². The van der Waals surface area contributed by atoms with E-state index >= 15 is 0 Å². The molecule has 0 aliphatic heterocycles. The molecule has 1 amide bonds. The van der Waals surface area contributed by atoms with Crippen LogP contribution < -0.4 is 10.6 Å². The van der Waals surface area contributed by atoms with Crippen LogP contribution in [0.5, 0.6) is 0 Å². The van der Waals surface area contributed by atoms with Gasteiger partial charge in [-0.2, -0.15) is 0 Å². The molecular weight excluding hydrogens is 212 g/mol. The molecule has 0 aromatic carbocycles. The second-order valence-corrected chi connectivity index (χ2v) is 6.31. The van der Waals surface area contributed by atoms with Crippen LogP contribution in [0.25, 0.3) is 0 Å². The summed E-state index contributed by atoms with van der Waals surface area (Å²) in [7, 11) is 1.70. The molecule has 0 saturated heterocycles. The first-order valence-corrected chi connectivity index (χ1v) is 6.82. The molecule has 17 heavy (non-hydrogen) atoms. The minimum atomic E-state index is -0.318. The third-order valence-corrected chi connectivity index (χ3v) is 4.27. The van der Waals surface area contributed by atoms with Crippen molar-refractivity contribution in [3.63, 3.8) is 0 Å². The lowest BCUT2D eigenvalue weighted by atomic mass is 9.79. The maximum Gasteiger partial charge on any atom is 0.226 e. The van der Waals surface area contributed by atoms with Crippen molar-refractivity contribution < 1.29 is 4.79 Å². The number of rotatable bonds is 4. The van der Waals surface area contributed by atoms with E-state index < -0.39 is 0 Å². The number of hydrogen-bond donors (Lipinski definition) is 2. The van der Waals surface area contributed by atoms with Crippen molar-refractivity contribution in [2.75, 3.05) is 13.6 Å². The molecule has 100 valence electrons. The highest BCUT2D eigenvalue weighted by atomic mass is 16.2. The Hall–Kier alpha value is -0.570. The molecule has 1 aliphatic carbocycles. The van der Waals surface area contributed by atoms with E-state index in [1.54, 1.807) is 7.05 Å². The monoisotopic (exact) mass is 240 g/mol. The SMILES string of the molecule is CNC(=O)C(C)(C)CNC1CCC(C)C(C)C1. The number of hydrogen-bond acceptors (Lipinski definition) is 2. The van der Waals surface area contributed by atoms with E-state index in [0.29, 0.717) is 6.04 Å². The fraction of sp³-hybridized carbons (Fsp3) is 0.929. The lowest BCUT2D eigenvalue weighted by Gasteiger charge is -2.34. The summed E-state index contributed by atoms with van der Waals surface area (Å²) in [4.78, 5) is 11.7. The Morgan fingerprint density at radius 3 is 2.41 bits per heavy atom. The van der Waals surface area contributed by atoms with Gasteiger partial charge >= 0.3 is 0 Å². The van der Waals surface area contributed by atoms with Crippen molar-refractivity contribution in [2.24, 2.45) is 17.3 Å². The molecule has 3 atom stereocenters. The van der Waals surface area contributed by atoms with Crippen LogP contribution in [0.1, 0.15) is 47.0 Å². The predicted octanol–water partition coefficient (Wildman–Crippen LogP) is 2.17. The number of nitrogens with one attached hydrogen (secondary N) is 2. The van der Waals surface area contributed by atoms with Crippen LogP contribution in [-0.2, 0) is 4.79 Å². The van der Waals surface area contributed by atoms with Gasteiger partial charge < -0.3 is 10.6 Å². The van der Waals surface area contributed by atoms with E-state index in [2.05, 4.69) is 24.5 Å². The molecule has 0 aromatic rings. The van der Waals surface area contributed by atoms with Crippen LogP contribution in [0.3, 0.4) is 0 Å². The van der Waals surface area contributed by atoms with Crippen molar-refractivity contribution in [1.82, 2.24) is 10.6 Å². The summed E-state index contributed by atoms with van der Waals surface area (Å²) in [5.74, 6) is 1.76. The highest BCUT2D eigenvalue weighted by Crippen LogP contribution is 2.29. The highest BCUT2D eigenvalue weighted by molar-refractivity contribution is 5.81. The van der Waals surface area contributed by atoms with Crippen LogP contribution in [-0.4, -0.2) is 25.5 Å². The number of carbonyl (C=O) groups is 1. The molecule has 0 heterocycles. The van der Waals surface area contributed by atoms with Gasteiger partial charge in [0.2, 0.25) is 5.91 Å². The molecule has 3 heteroatoms. The van der Waals surface area contributed by atoms with Crippen molar-refractivity contribution >= 4 is 5.91 Å². The highest BCUT2D eigenvalue weighted by Gasteiger charge is 2.29. The first-order valence-electron chi connectivity index (χ1n) is 6.82. The third-order valence-electron chi connectivity index (χ3n) is 4.27. The molecule has 1 fully saturated rings. The van der Waals surface area contributed by atoms with Gasteiger partial charge in [-0.1, -0.05) is 13.8 Å². The van der Waals surface area contributed by atoms with Gasteiger partial charge in [0, 0.05) is 19.6 Å². The molecule has 2 N–H and O–H groups in total. The second-order valence-electron chi connectivity index (χ2n) is 6.31. The molecule has 1 rings (SSSR count). The van der Waals surface area contributed by atoms with Gasteiger partial charge in [0.25, 0.3) is 0 Å². The standard InChI is InChI=1S/C14H28N2O/c1-10-6-7-12(8-11(10)2)16-9-14(3,4)13(17)15-5/h10-12,16H,6-9H2,1-5H3,(H,15,17). The molecule has 0 aromatic heterocycles. The average Bonchev–Trinajstić information content (AvgIpc) is 2.29. The molecule has 0 radical (unpaired) electrons. The zero-order valence-corrected chi connectivity index (χ0v) is 12.0. The predicted molar refractivity (Wildman–Crippen MR) is 71.8 cm³/mol. The smallest absolute Gasteiger partial charge is 0.226 e. The third kappa shape index (κ3) is 3.98. The summed E-state index contributed by atoms with van der Waals surface area (Å²) >= 11 is 0. The van der Waals surface area contributed by atoms with Crippen molar-refractivity contribution in [2.45, 2.75) is 53.0 Å². The fourth-order valence-corrected chi connectivity index (χ4v) is 2.55. The van der Waals surface area contributed by atoms with Crippen LogP contribution in [0.2, 0.25) is 0 Å². The molecule has 1 aliphatic rings. The Balaban J connectivity index is 2.38. The Kier molecular flexibility index (Phi) is 4.99. The Bertz CT molecular complexity index is 263. The first kappa shape index (κ1) is 14.5. The summed E-state index contributed by atoms with van der Waals surface area (Å²) in [6.07, 6.45) is 3.79. The summed E-state index contributed by atoms with van der Waals surface area (Å²) in [5.41, 5.74) is -0.318. The van der Waals surface area contributed by atoms with Crippen molar-refractivity contribution in [3.05, 3.63) is 0 Å². The van der Waals surface area contributed by atoms with Gasteiger partial charge in [0.1, 0.15) is 0 Å². The van der Waals surface area contributed by atoms with Crippen molar-refractivity contribution in [3.8, 4) is 0 Å². The first-order chi connectivity index (χ1) is 7.86. The largest absolute Gasteiger partial charge is 0.359 e. The molecule has 3 unspecified atom stereocenters. The summed E-state index contributed by atoms with van der Waals surface area (Å²) in [6.45, 7) is 9.43. The van der Waals surface area contributed by atoms with Crippen LogP contribution in [0, 0.1) is 17.3 Å². The van der Waals surface area contributed by atoms with Crippen molar-refractivity contribution in [1.29, 1.82) is 0 Å². The van der Waals surface area contributed by atoms with Crippen LogP contribution in [0.4, 0.5) is 0 Å². The van der Waals surface area contributed by atoms with E-state index in [1.165, 1.54) is 19.3 Å². The summed E-state index contributed by atoms with van der Waals surface area (Å²) in [5, 5.41) is 6.30. The van der Waals surface area contributed by atoms with Gasteiger partial charge in [-0.15, -0.1) is 0 Å². The number of amides is 1.